The van der Waals surface area contributed by atoms with E-state index in [0.29, 0.717) is 6.42 Å². The van der Waals surface area contributed by atoms with Gasteiger partial charge >= 0.3 is 7.82 Å². The molecule has 4 unspecified atom stereocenters. The van der Waals surface area contributed by atoms with Crippen LogP contribution in [0.15, 0.2) is 36.5 Å². The predicted octanol–water partition coefficient (Wildman–Crippen LogP) is 10.9. The number of aliphatic hydroxyl groups excluding tert-OH is 2. The van der Waals surface area contributed by atoms with Gasteiger partial charge in [0.2, 0.25) is 5.91 Å². The third-order valence-corrected chi connectivity index (χ3v) is 10.5. The summed E-state index contributed by atoms with van der Waals surface area (Å²) < 4.78 is 22.0. The van der Waals surface area contributed by atoms with E-state index >= 15 is 0 Å². The fourth-order valence-corrected chi connectivity index (χ4v) is 6.96. The summed E-state index contributed by atoms with van der Waals surface area (Å²) >= 11 is 0. The maximum absolute atomic E-state index is 12.8. The molecule has 1 amide bonds. The van der Waals surface area contributed by atoms with Crippen LogP contribution in [0.2, 0.25) is 0 Å². The van der Waals surface area contributed by atoms with Crippen LogP contribution < -0.4 is 11.1 Å². The lowest BCUT2D eigenvalue weighted by Gasteiger charge is -2.24. The highest BCUT2D eigenvalue weighted by Gasteiger charge is 2.27. The molecule has 0 saturated carbocycles. The first-order valence-corrected chi connectivity index (χ1v) is 23.2. The molecule has 0 fully saturated rings. The third kappa shape index (κ3) is 37.4. The molecular weight excluding hydrogens is 687 g/mol. The topological polar surface area (TPSA) is 151 Å². The van der Waals surface area contributed by atoms with Gasteiger partial charge in [-0.25, -0.2) is 4.57 Å². The number of phosphoric acid groups is 1. The lowest BCUT2D eigenvalue weighted by Crippen LogP contribution is -2.46. The van der Waals surface area contributed by atoms with E-state index in [1.54, 1.807) is 6.08 Å². The van der Waals surface area contributed by atoms with E-state index in [1.165, 1.54) is 103 Å². The van der Waals surface area contributed by atoms with E-state index in [2.05, 4.69) is 43.5 Å². The van der Waals surface area contributed by atoms with Gasteiger partial charge in [0.1, 0.15) is 0 Å². The second kappa shape index (κ2) is 38.9. The molecule has 312 valence electrons. The third-order valence-electron chi connectivity index (χ3n) is 9.51. The zero-order valence-corrected chi connectivity index (χ0v) is 35.0. The number of carbonyl (C=O) groups excluding carboxylic acids is 1. The normalized spacial score (nSPS) is 15.1. The summed E-state index contributed by atoms with van der Waals surface area (Å²) in [5.74, 6) is -0.456. The molecule has 0 rings (SSSR count). The number of nitrogens with two attached hydrogens (primary N) is 1. The molecule has 0 aromatic carbocycles. The second-order valence-electron chi connectivity index (χ2n) is 14.7. The van der Waals surface area contributed by atoms with Crippen LogP contribution >= 0.6 is 7.82 Å². The van der Waals surface area contributed by atoms with Gasteiger partial charge in [-0.3, -0.25) is 13.8 Å². The van der Waals surface area contributed by atoms with Gasteiger partial charge in [0.15, 0.2) is 0 Å². The van der Waals surface area contributed by atoms with E-state index < -0.39 is 38.6 Å². The van der Waals surface area contributed by atoms with Gasteiger partial charge in [-0.15, -0.1) is 0 Å². The van der Waals surface area contributed by atoms with Crippen molar-refractivity contribution in [1.29, 1.82) is 0 Å². The van der Waals surface area contributed by atoms with Crippen molar-refractivity contribution < 1.29 is 33.5 Å². The molecule has 0 aliphatic rings. The summed E-state index contributed by atoms with van der Waals surface area (Å²) in [4.78, 5) is 22.7. The molecule has 9 nitrogen and oxygen atoms in total. The van der Waals surface area contributed by atoms with Crippen molar-refractivity contribution in [3.8, 4) is 0 Å². The number of amides is 1. The zero-order valence-electron chi connectivity index (χ0n) is 34.1. The molecule has 4 atom stereocenters. The quantitative estimate of drug-likeness (QED) is 0.0235. The molecule has 10 heteroatoms. The number of nitrogens with one attached hydrogen (secondary N) is 1. The number of aliphatic hydroxyl groups is 2. The van der Waals surface area contributed by atoms with E-state index in [4.69, 9.17) is 14.8 Å². The van der Waals surface area contributed by atoms with Crippen LogP contribution in [0.3, 0.4) is 0 Å². The van der Waals surface area contributed by atoms with Gasteiger partial charge in [0.25, 0.3) is 0 Å². The second-order valence-corrected chi connectivity index (χ2v) is 16.2. The van der Waals surface area contributed by atoms with Gasteiger partial charge < -0.3 is 26.2 Å². The SMILES string of the molecule is CCCCCCCCCC/C=C/C(O)C(COP(=O)(O)OCCN)NC(=O)CC(O)CCCCCCC/C=C\C/C=C\CCCCCCCCCCC. The Balaban J connectivity index is 4.24. The van der Waals surface area contributed by atoms with Crippen LogP contribution in [0, 0.1) is 0 Å². The van der Waals surface area contributed by atoms with Crippen molar-refractivity contribution in [2.45, 2.75) is 212 Å². The molecular formula is C43H83N2O7P. The number of hydrogen-bond donors (Lipinski definition) is 5. The average molecular weight is 771 g/mol. The smallest absolute Gasteiger partial charge is 0.393 e. The highest BCUT2D eigenvalue weighted by Crippen LogP contribution is 2.43. The minimum absolute atomic E-state index is 0.0466. The monoisotopic (exact) mass is 771 g/mol. The first-order valence-electron chi connectivity index (χ1n) is 21.7. The highest BCUT2D eigenvalue weighted by atomic mass is 31.2. The first-order chi connectivity index (χ1) is 25.8. The van der Waals surface area contributed by atoms with E-state index in [9.17, 15) is 24.5 Å². The van der Waals surface area contributed by atoms with E-state index in [1.807, 2.05) is 6.08 Å². The maximum Gasteiger partial charge on any atom is 0.472 e. The van der Waals surface area contributed by atoms with Gasteiger partial charge in [-0.2, -0.15) is 0 Å². The van der Waals surface area contributed by atoms with Gasteiger partial charge in [0, 0.05) is 6.54 Å². The van der Waals surface area contributed by atoms with Gasteiger partial charge in [0.05, 0.1) is 37.9 Å². The molecule has 0 radical (unpaired) electrons. The molecule has 0 aromatic rings. The standard InChI is InChI=1S/C43H83N2O7P/c1-3-5-7-9-11-13-15-16-17-18-19-20-21-22-23-24-25-26-28-30-32-34-40(46)38-43(48)45-41(39-52-53(49,50)51-37-36-44)42(47)35-33-31-29-27-14-12-10-8-6-4-2/h19-20,22-23,33,35,40-42,46-47H,3-18,21,24-32,34,36-39,44H2,1-2H3,(H,45,48)(H,49,50)/b20-19-,23-22-,35-33+. The summed E-state index contributed by atoms with van der Waals surface area (Å²) in [7, 11) is -4.40. The summed E-state index contributed by atoms with van der Waals surface area (Å²) in [6, 6.07) is -0.985. The number of carbonyl (C=O) groups is 1. The summed E-state index contributed by atoms with van der Waals surface area (Å²) in [5, 5.41) is 24.0. The average Bonchev–Trinajstić information content (AvgIpc) is 3.13. The van der Waals surface area contributed by atoms with Crippen molar-refractivity contribution in [2.75, 3.05) is 19.8 Å². The Morgan fingerprint density at radius 1 is 0.660 bits per heavy atom. The first kappa shape index (κ1) is 51.7. The number of phosphoric ester groups is 1. The lowest BCUT2D eigenvalue weighted by molar-refractivity contribution is -0.124. The van der Waals surface area contributed by atoms with E-state index in [0.717, 1.165) is 64.2 Å². The highest BCUT2D eigenvalue weighted by molar-refractivity contribution is 7.47. The Morgan fingerprint density at radius 2 is 1.11 bits per heavy atom. The number of hydrogen-bond acceptors (Lipinski definition) is 7. The van der Waals surface area contributed by atoms with Crippen LogP contribution in [-0.2, 0) is 18.4 Å². The molecule has 0 aromatic heterocycles. The van der Waals surface area contributed by atoms with Gasteiger partial charge in [-0.1, -0.05) is 172 Å². The van der Waals surface area contributed by atoms with Crippen LogP contribution in [0.1, 0.15) is 194 Å². The predicted molar refractivity (Wildman–Crippen MR) is 223 cm³/mol. The van der Waals surface area contributed by atoms with Crippen molar-refractivity contribution in [3.63, 3.8) is 0 Å². The summed E-state index contributed by atoms with van der Waals surface area (Å²) in [6.45, 7) is 3.93. The lowest BCUT2D eigenvalue weighted by atomic mass is 10.0. The van der Waals surface area contributed by atoms with Crippen molar-refractivity contribution in [1.82, 2.24) is 5.32 Å². The minimum atomic E-state index is -4.40. The number of allylic oxidation sites excluding steroid dienone is 5. The molecule has 0 aliphatic carbocycles. The molecule has 0 saturated heterocycles. The van der Waals surface area contributed by atoms with Crippen molar-refractivity contribution in [3.05, 3.63) is 36.5 Å². The Kier molecular flexibility index (Phi) is 38.0. The molecule has 53 heavy (non-hydrogen) atoms. The minimum Gasteiger partial charge on any atom is -0.393 e. The van der Waals surface area contributed by atoms with Crippen LogP contribution in [0.25, 0.3) is 0 Å². The fraction of sp³-hybridized carbons (Fsp3) is 0.837. The van der Waals surface area contributed by atoms with Gasteiger partial charge in [-0.05, 0) is 51.4 Å². The summed E-state index contributed by atoms with van der Waals surface area (Å²) in [5.41, 5.74) is 5.35. The Morgan fingerprint density at radius 3 is 1.60 bits per heavy atom. The summed E-state index contributed by atoms with van der Waals surface area (Å²) in [6.07, 6.45) is 42.4. The van der Waals surface area contributed by atoms with Crippen LogP contribution in [0.4, 0.5) is 0 Å². The maximum atomic E-state index is 12.8. The molecule has 0 aliphatic heterocycles. The molecule has 0 heterocycles. The molecule has 0 spiro atoms. The molecule has 6 N–H and O–H groups in total. The Hall–Kier alpha value is -1.32. The number of unbranched alkanes of at least 4 members (excludes halogenated alkanes) is 22. The van der Waals surface area contributed by atoms with E-state index in [-0.39, 0.29) is 19.6 Å². The fourth-order valence-electron chi connectivity index (χ4n) is 6.21. The largest absolute Gasteiger partial charge is 0.472 e. The Bertz CT molecular complexity index is 946. The van der Waals surface area contributed by atoms with Crippen molar-refractivity contribution >= 4 is 13.7 Å². The van der Waals surface area contributed by atoms with Crippen molar-refractivity contribution in [2.24, 2.45) is 5.73 Å². The molecule has 0 bridgehead atoms. The Labute approximate surface area is 325 Å². The van der Waals surface area contributed by atoms with Crippen LogP contribution in [-0.4, -0.2) is 59.0 Å². The van der Waals surface area contributed by atoms with Crippen LogP contribution in [0.5, 0.6) is 0 Å². The number of rotatable bonds is 40. The zero-order chi connectivity index (χ0) is 39.1.